The molecule has 140 valence electrons. The molecule has 1 aliphatic rings. The molecule has 2 rings (SSSR count). The molecule has 7 heteroatoms. The van der Waals surface area contributed by atoms with Crippen molar-refractivity contribution in [2.75, 3.05) is 53.6 Å². The van der Waals surface area contributed by atoms with E-state index < -0.39 is 5.82 Å². The molecule has 2 atom stereocenters. The number of likely N-dealkylation sites (tertiary alicyclic amines) is 1. The van der Waals surface area contributed by atoms with E-state index in [1.165, 1.54) is 12.1 Å². The summed E-state index contributed by atoms with van der Waals surface area (Å²) in [7, 11) is 3.69. The summed E-state index contributed by atoms with van der Waals surface area (Å²) in [5.41, 5.74) is 0.299. The molecule has 1 amide bonds. The Morgan fingerprint density at radius 1 is 1.44 bits per heavy atom. The Balaban J connectivity index is 2.07. The third-order valence-corrected chi connectivity index (χ3v) is 4.89. The molecule has 5 nitrogen and oxygen atoms in total. The highest BCUT2D eigenvalue weighted by molar-refractivity contribution is 6.33. The lowest BCUT2D eigenvalue weighted by Gasteiger charge is -2.38. The van der Waals surface area contributed by atoms with Gasteiger partial charge < -0.3 is 19.6 Å². The molecular weight excluding hydrogens is 347 g/mol. The highest BCUT2D eigenvalue weighted by atomic mass is 35.5. The molecule has 1 fully saturated rings. The number of rotatable bonds is 7. The smallest absolute Gasteiger partial charge is 0.255 e. The Morgan fingerprint density at radius 3 is 2.80 bits per heavy atom. The summed E-state index contributed by atoms with van der Waals surface area (Å²) in [6, 6.07) is 3.81. The molecule has 1 heterocycles. The zero-order chi connectivity index (χ0) is 18.4. The third-order valence-electron chi connectivity index (χ3n) is 4.58. The van der Waals surface area contributed by atoms with Gasteiger partial charge in [-0.2, -0.15) is 0 Å². The molecule has 1 N–H and O–H groups in total. The van der Waals surface area contributed by atoms with Crippen molar-refractivity contribution in [1.82, 2.24) is 9.80 Å². The van der Waals surface area contributed by atoms with E-state index in [0.717, 1.165) is 25.6 Å². The van der Waals surface area contributed by atoms with E-state index in [2.05, 4.69) is 4.90 Å². The fourth-order valence-electron chi connectivity index (χ4n) is 3.36. The highest BCUT2D eigenvalue weighted by Gasteiger charge is 2.31. The van der Waals surface area contributed by atoms with Crippen molar-refractivity contribution < 1.29 is 19.0 Å². The first-order valence-electron chi connectivity index (χ1n) is 8.47. The lowest BCUT2D eigenvalue weighted by Crippen LogP contribution is -2.47. The Hall–Kier alpha value is -1.21. The van der Waals surface area contributed by atoms with Gasteiger partial charge in [0, 0.05) is 39.9 Å². The number of ether oxygens (including phenoxy) is 1. The van der Waals surface area contributed by atoms with Crippen molar-refractivity contribution in [2.45, 2.75) is 6.42 Å². The molecule has 0 spiro atoms. The first kappa shape index (κ1) is 20.1. The van der Waals surface area contributed by atoms with Crippen molar-refractivity contribution in [3.63, 3.8) is 0 Å². The van der Waals surface area contributed by atoms with E-state index in [1.54, 1.807) is 12.0 Å². The van der Waals surface area contributed by atoms with Gasteiger partial charge in [-0.25, -0.2) is 4.39 Å². The molecule has 25 heavy (non-hydrogen) atoms. The Kier molecular flexibility index (Phi) is 7.62. The Bertz CT molecular complexity index is 587. The maximum absolute atomic E-state index is 13.2. The summed E-state index contributed by atoms with van der Waals surface area (Å²) >= 11 is 6.03. The number of amides is 1. The number of hydrogen-bond donors (Lipinski definition) is 1. The minimum Gasteiger partial charge on any atom is -0.396 e. The number of carbonyl (C=O) groups excluding carboxylic acids is 1. The highest BCUT2D eigenvalue weighted by Crippen LogP contribution is 2.26. The molecule has 1 aromatic rings. The SMILES string of the molecule is COCCN(C)C[C@H]1C[C@H](CO)CN(C(=O)c2ccc(F)cc2Cl)C1. The topological polar surface area (TPSA) is 53.0 Å². The second kappa shape index (κ2) is 9.48. The van der Waals surface area contributed by atoms with Gasteiger partial charge in [-0.3, -0.25) is 4.79 Å². The number of benzene rings is 1. The number of methoxy groups -OCH3 is 1. The van der Waals surface area contributed by atoms with Crippen LogP contribution in [-0.4, -0.2) is 74.4 Å². The van der Waals surface area contributed by atoms with Gasteiger partial charge >= 0.3 is 0 Å². The van der Waals surface area contributed by atoms with Gasteiger partial charge in [0.2, 0.25) is 0 Å². The van der Waals surface area contributed by atoms with Crippen LogP contribution in [0.25, 0.3) is 0 Å². The second-order valence-electron chi connectivity index (χ2n) is 6.74. The fraction of sp³-hybridized carbons (Fsp3) is 0.611. The summed E-state index contributed by atoms with van der Waals surface area (Å²) in [5.74, 6) is -0.382. The van der Waals surface area contributed by atoms with Crippen molar-refractivity contribution in [3.8, 4) is 0 Å². The normalized spacial score (nSPS) is 21.0. The molecule has 0 bridgehead atoms. The minimum absolute atomic E-state index is 0.0396. The average Bonchev–Trinajstić information content (AvgIpc) is 2.59. The summed E-state index contributed by atoms with van der Waals surface area (Å²) in [6.45, 7) is 3.41. The first-order valence-corrected chi connectivity index (χ1v) is 8.85. The molecule has 0 saturated carbocycles. The monoisotopic (exact) mass is 372 g/mol. The van der Waals surface area contributed by atoms with E-state index >= 15 is 0 Å². The number of halogens is 2. The largest absolute Gasteiger partial charge is 0.396 e. The van der Waals surface area contributed by atoms with Crippen LogP contribution in [0.4, 0.5) is 4.39 Å². The first-order chi connectivity index (χ1) is 11.9. The van der Waals surface area contributed by atoms with E-state index in [4.69, 9.17) is 16.3 Å². The standard InChI is InChI=1S/C18H26ClFN2O3/c1-21(5-6-25-2)9-13-7-14(12-23)11-22(10-13)18(24)16-4-3-15(20)8-17(16)19/h3-4,8,13-14,23H,5-7,9-12H2,1-2H3/t13-,14+/m1/s1. The van der Waals surface area contributed by atoms with Crippen molar-refractivity contribution in [2.24, 2.45) is 11.8 Å². The van der Waals surface area contributed by atoms with Crippen molar-refractivity contribution in [1.29, 1.82) is 0 Å². The van der Waals surface area contributed by atoms with Gasteiger partial charge in [0.15, 0.2) is 0 Å². The quantitative estimate of drug-likeness (QED) is 0.796. The van der Waals surface area contributed by atoms with Gasteiger partial charge in [0.25, 0.3) is 5.91 Å². The number of aliphatic hydroxyl groups is 1. The van der Waals surface area contributed by atoms with Crippen LogP contribution in [0.5, 0.6) is 0 Å². The molecule has 1 aromatic carbocycles. The Labute approximate surface area is 153 Å². The van der Waals surface area contributed by atoms with Crippen LogP contribution >= 0.6 is 11.6 Å². The van der Waals surface area contributed by atoms with Crippen LogP contribution in [0.3, 0.4) is 0 Å². The third kappa shape index (κ3) is 5.64. The van der Waals surface area contributed by atoms with E-state index in [1.807, 2.05) is 7.05 Å². The number of nitrogens with zero attached hydrogens (tertiary/aromatic N) is 2. The van der Waals surface area contributed by atoms with E-state index in [-0.39, 0.29) is 29.4 Å². The van der Waals surface area contributed by atoms with Crippen LogP contribution in [-0.2, 0) is 4.74 Å². The van der Waals surface area contributed by atoms with Crippen LogP contribution in [0, 0.1) is 17.7 Å². The van der Waals surface area contributed by atoms with Gasteiger partial charge in [0.05, 0.1) is 17.2 Å². The second-order valence-corrected chi connectivity index (χ2v) is 7.15. The maximum atomic E-state index is 13.2. The predicted molar refractivity (Wildman–Crippen MR) is 95.4 cm³/mol. The van der Waals surface area contributed by atoms with Crippen LogP contribution in [0.15, 0.2) is 18.2 Å². The molecule has 0 aliphatic carbocycles. The number of aliphatic hydroxyl groups excluding tert-OH is 1. The summed E-state index contributed by atoms with van der Waals surface area (Å²) in [5, 5.41) is 9.71. The number of carbonyl (C=O) groups is 1. The van der Waals surface area contributed by atoms with Crippen LogP contribution in [0.2, 0.25) is 5.02 Å². The van der Waals surface area contributed by atoms with Crippen molar-refractivity contribution >= 4 is 17.5 Å². The van der Waals surface area contributed by atoms with E-state index in [0.29, 0.717) is 25.3 Å². The van der Waals surface area contributed by atoms with E-state index in [9.17, 15) is 14.3 Å². The lowest BCUT2D eigenvalue weighted by atomic mass is 9.89. The number of piperidine rings is 1. The van der Waals surface area contributed by atoms with Gasteiger partial charge in [0.1, 0.15) is 5.82 Å². The summed E-state index contributed by atoms with van der Waals surface area (Å²) < 4.78 is 18.3. The Morgan fingerprint density at radius 2 is 2.16 bits per heavy atom. The number of likely N-dealkylation sites (N-methyl/N-ethyl adjacent to an activating group) is 1. The van der Waals surface area contributed by atoms with Gasteiger partial charge in [-0.1, -0.05) is 11.6 Å². The average molecular weight is 373 g/mol. The maximum Gasteiger partial charge on any atom is 0.255 e. The predicted octanol–water partition coefficient (Wildman–Crippen LogP) is 2.13. The van der Waals surface area contributed by atoms with Gasteiger partial charge in [-0.05, 0) is 43.5 Å². The summed E-state index contributed by atoms with van der Waals surface area (Å²) in [6.07, 6.45) is 0.870. The zero-order valence-corrected chi connectivity index (χ0v) is 15.5. The molecule has 1 aliphatic heterocycles. The van der Waals surface area contributed by atoms with Crippen LogP contribution < -0.4 is 0 Å². The lowest BCUT2D eigenvalue weighted by molar-refractivity contribution is 0.0451. The molecule has 0 aromatic heterocycles. The minimum atomic E-state index is -0.467. The number of hydrogen-bond acceptors (Lipinski definition) is 4. The van der Waals surface area contributed by atoms with Gasteiger partial charge in [-0.15, -0.1) is 0 Å². The molecule has 0 radical (unpaired) electrons. The zero-order valence-electron chi connectivity index (χ0n) is 14.8. The fourth-order valence-corrected chi connectivity index (χ4v) is 3.61. The van der Waals surface area contributed by atoms with Crippen LogP contribution in [0.1, 0.15) is 16.8 Å². The van der Waals surface area contributed by atoms with Crippen molar-refractivity contribution in [3.05, 3.63) is 34.6 Å². The summed E-state index contributed by atoms with van der Waals surface area (Å²) in [4.78, 5) is 16.7. The molecule has 0 unspecified atom stereocenters. The molecule has 1 saturated heterocycles. The molecular formula is C18H26ClFN2O3.